The van der Waals surface area contributed by atoms with Crippen LogP contribution in [-0.2, 0) is 0 Å². The summed E-state index contributed by atoms with van der Waals surface area (Å²) in [6.07, 6.45) is 6.95. The molecule has 15 heavy (non-hydrogen) atoms. The highest BCUT2D eigenvalue weighted by Crippen LogP contribution is 2.23. The minimum atomic E-state index is 0.560. The van der Waals surface area contributed by atoms with Crippen LogP contribution in [-0.4, -0.2) is 41.1 Å². The fourth-order valence-electron chi connectivity index (χ4n) is 2.05. The van der Waals surface area contributed by atoms with Gasteiger partial charge in [0.1, 0.15) is 0 Å². The van der Waals surface area contributed by atoms with E-state index in [4.69, 9.17) is 0 Å². The number of anilines is 1. The van der Waals surface area contributed by atoms with E-state index in [1.54, 1.807) is 0 Å². The first kappa shape index (κ1) is 10.2. The van der Waals surface area contributed by atoms with E-state index >= 15 is 0 Å². The maximum absolute atomic E-state index is 4.31. The molecule has 1 unspecified atom stereocenters. The number of hydrogen-bond acceptors (Lipinski definition) is 3. The third kappa shape index (κ3) is 2.21. The number of likely N-dealkylation sites (N-methyl/N-ethyl adjacent to an activating group) is 1. The first-order chi connectivity index (χ1) is 7.31. The zero-order chi connectivity index (χ0) is 10.7. The average Bonchev–Trinajstić information content (AvgIpc) is 2.82. The van der Waals surface area contributed by atoms with Gasteiger partial charge in [-0.1, -0.05) is 6.08 Å². The van der Waals surface area contributed by atoms with Gasteiger partial charge in [-0.3, -0.25) is 0 Å². The zero-order valence-electron chi connectivity index (χ0n) is 9.19. The molecule has 1 N–H and O–H groups in total. The molecule has 1 fully saturated rings. The largest absolute Gasteiger partial charge is 0.352 e. The molecule has 4 heteroatoms. The molecule has 2 rings (SSSR count). The lowest BCUT2D eigenvalue weighted by atomic mass is 10.2. The first-order valence-corrected chi connectivity index (χ1v) is 5.37. The Bertz CT molecular complexity index is 331. The van der Waals surface area contributed by atoms with Crippen molar-refractivity contribution in [3.8, 4) is 0 Å². The van der Waals surface area contributed by atoms with Crippen LogP contribution in [0.2, 0.25) is 0 Å². The smallest absolute Gasteiger partial charge is 0.203 e. The lowest BCUT2D eigenvalue weighted by Gasteiger charge is -2.15. The van der Waals surface area contributed by atoms with Crippen molar-refractivity contribution in [2.24, 2.45) is 0 Å². The van der Waals surface area contributed by atoms with Crippen LogP contribution in [0.1, 0.15) is 12.5 Å². The summed E-state index contributed by atoms with van der Waals surface area (Å²) in [5.74, 6) is 0.954. The monoisotopic (exact) mass is 206 g/mol. The summed E-state index contributed by atoms with van der Waals surface area (Å²) in [4.78, 5) is 6.66. The molecule has 0 amide bonds. The van der Waals surface area contributed by atoms with Gasteiger partial charge in [0, 0.05) is 25.5 Å². The van der Waals surface area contributed by atoms with Gasteiger partial charge < -0.3 is 14.8 Å². The second-order valence-corrected chi connectivity index (χ2v) is 4.03. The van der Waals surface area contributed by atoms with E-state index in [2.05, 4.69) is 39.6 Å². The van der Waals surface area contributed by atoms with Crippen molar-refractivity contribution in [3.63, 3.8) is 0 Å². The van der Waals surface area contributed by atoms with Crippen molar-refractivity contribution in [2.45, 2.75) is 12.5 Å². The lowest BCUT2D eigenvalue weighted by molar-refractivity contribution is 0.393. The predicted molar refractivity (Wildman–Crippen MR) is 62.1 cm³/mol. The Morgan fingerprint density at radius 2 is 2.60 bits per heavy atom. The summed E-state index contributed by atoms with van der Waals surface area (Å²) in [6, 6.07) is 0.560. The Labute approximate surface area is 90.6 Å². The number of rotatable bonds is 4. The maximum Gasteiger partial charge on any atom is 0.203 e. The van der Waals surface area contributed by atoms with E-state index in [1.807, 2.05) is 12.3 Å². The van der Waals surface area contributed by atoms with E-state index in [0.717, 1.165) is 19.0 Å². The Hall–Kier alpha value is -1.29. The van der Waals surface area contributed by atoms with Crippen molar-refractivity contribution < 1.29 is 0 Å². The summed E-state index contributed by atoms with van der Waals surface area (Å²) in [5.41, 5.74) is 0. The highest BCUT2D eigenvalue weighted by molar-refractivity contribution is 5.28. The molecular formula is C11H18N4. The van der Waals surface area contributed by atoms with Gasteiger partial charge in [0.2, 0.25) is 5.95 Å². The molecule has 1 atom stereocenters. The average molecular weight is 206 g/mol. The van der Waals surface area contributed by atoms with Crippen LogP contribution in [0.3, 0.4) is 0 Å². The van der Waals surface area contributed by atoms with Gasteiger partial charge in [-0.2, -0.15) is 0 Å². The molecule has 0 aliphatic carbocycles. The molecule has 1 aliphatic rings. The van der Waals surface area contributed by atoms with Crippen LogP contribution >= 0.6 is 0 Å². The number of nitrogens with one attached hydrogen (secondary N) is 1. The molecule has 0 radical (unpaired) electrons. The van der Waals surface area contributed by atoms with Gasteiger partial charge in [-0.05, 0) is 20.0 Å². The van der Waals surface area contributed by atoms with Crippen molar-refractivity contribution in [1.29, 1.82) is 0 Å². The number of imidazole rings is 1. The lowest BCUT2D eigenvalue weighted by Crippen LogP contribution is -2.17. The van der Waals surface area contributed by atoms with Crippen molar-refractivity contribution in [3.05, 3.63) is 25.0 Å². The van der Waals surface area contributed by atoms with Crippen molar-refractivity contribution in [2.75, 3.05) is 32.0 Å². The van der Waals surface area contributed by atoms with Gasteiger partial charge >= 0.3 is 0 Å². The van der Waals surface area contributed by atoms with Crippen molar-refractivity contribution in [1.82, 2.24) is 14.5 Å². The van der Waals surface area contributed by atoms with E-state index in [0.29, 0.717) is 6.04 Å². The molecule has 0 saturated carbocycles. The highest BCUT2D eigenvalue weighted by atomic mass is 15.3. The maximum atomic E-state index is 4.31. The van der Waals surface area contributed by atoms with E-state index < -0.39 is 0 Å². The summed E-state index contributed by atoms with van der Waals surface area (Å²) in [6.45, 7) is 6.74. The van der Waals surface area contributed by atoms with Crippen LogP contribution < -0.4 is 5.32 Å². The van der Waals surface area contributed by atoms with Gasteiger partial charge in [0.05, 0.1) is 6.04 Å². The molecule has 82 valence electrons. The minimum Gasteiger partial charge on any atom is -0.352 e. The Morgan fingerprint density at radius 1 is 1.73 bits per heavy atom. The van der Waals surface area contributed by atoms with Gasteiger partial charge in [0.15, 0.2) is 0 Å². The standard InChI is InChI=1S/C11H18N4/c1-3-5-12-11-13-6-8-15(11)10-4-7-14(2)9-10/h3,6,8,10H,1,4-5,7,9H2,2H3,(H,12,13). The molecule has 0 spiro atoms. The van der Waals surface area contributed by atoms with Crippen molar-refractivity contribution >= 4 is 5.95 Å². The first-order valence-electron chi connectivity index (χ1n) is 5.37. The van der Waals surface area contributed by atoms with Gasteiger partial charge in [-0.25, -0.2) is 4.98 Å². The van der Waals surface area contributed by atoms with E-state index in [-0.39, 0.29) is 0 Å². The normalized spacial score (nSPS) is 21.8. The molecule has 2 heterocycles. The third-order valence-electron chi connectivity index (χ3n) is 2.83. The molecule has 1 aromatic heterocycles. The van der Waals surface area contributed by atoms with Crippen LogP contribution in [0.5, 0.6) is 0 Å². The summed E-state index contributed by atoms with van der Waals surface area (Å²) >= 11 is 0. The number of hydrogen-bond donors (Lipinski definition) is 1. The molecule has 0 aromatic carbocycles. The molecule has 1 saturated heterocycles. The van der Waals surface area contributed by atoms with Gasteiger partial charge in [0.25, 0.3) is 0 Å². The fourth-order valence-corrected chi connectivity index (χ4v) is 2.05. The second kappa shape index (κ2) is 4.49. The molecular weight excluding hydrogens is 188 g/mol. The Kier molecular flexibility index (Phi) is 3.06. The second-order valence-electron chi connectivity index (χ2n) is 4.03. The van der Waals surface area contributed by atoms with Crippen LogP contribution in [0.15, 0.2) is 25.0 Å². The quantitative estimate of drug-likeness (QED) is 0.755. The third-order valence-corrected chi connectivity index (χ3v) is 2.83. The van der Waals surface area contributed by atoms with E-state index in [9.17, 15) is 0 Å². The zero-order valence-corrected chi connectivity index (χ0v) is 9.19. The predicted octanol–water partition coefficient (Wildman–Crippen LogP) is 1.36. The summed E-state index contributed by atoms with van der Waals surface area (Å²) < 4.78 is 2.23. The molecule has 0 bridgehead atoms. The molecule has 1 aliphatic heterocycles. The number of likely N-dealkylation sites (tertiary alicyclic amines) is 1. The fraction of sp³-hybridized carbons (Fsp3) is 0.545. The molecule has 4 nitrogen and oxygen atoms in total. The Balaban J connectivity index is 2.07. The SMILES string of the molecule is C=CCNc1nccn1C1CCN(C)C1. The van der Waals surface area contributed by atoms with E-state index in [1.165, 1.54) is 13.0 Å². The number of nitrogens with zero attached hydrogens (tertiary/aromatic N) is 3. The van der Waals surface area contributed by atoms with Crippen LogP contribution in [0, 0.1) is 0 Å². The summed E-state index contributed by atoms with van der Waals surface area (Å²) in [5, 5.41) is 3.25. The van der Waals surface area contributed by atoms with Crippen LogP contribution in [0.4, 0.5) is 5.95 Å². The summed E-state index contributed by atoms with van der Waals surface area (Å²) in [7, 11) is 2.16. The Morgan fingerprint density at radius 3 is 3.27 bits per heavy atom. The topological polar surface area (TPSA) is 33.1 Å². The minimum absolute atomic E-state index is 0.560. The number of aromatic nitrogens is 2. The highest BCUT2D eigenvalue weighted by Gasteiger charge is 2.22. The van der Waals surface area contributed by atoms with Gasteiger partial charge in [-0.15, -0.1) is 6.58 Å². The van der Waals surface area contributed by atoms with Crippen LogP contribution in [0.25, 0.3) is 0 Å². The molecule has 1 aromatic rings.